The van der Waals surface area contributed by atoms with Gasteiger partial charge in [-0.1, -0.05) is 0 Å². The summed E-state index contributed by atoms with van der Waals surface area (Å²) < 4.78 is 2.23. The summed E-state index contributed by atoms with van der Waals surface area (Å²) in [6.45, 7) is 7.80. The van der Waals surface area contributed by atoms with Crippen LogP contribution < -0.4 is 0 Å². The highest BCUT2D eigenvalue weighted by Gasteiger charge is 2.19. The number of nitrogens with zero attached hydrogens (tertiary/aromatic N) is 3. The lowest BCUT2D eigenvalue weighted by atomic mass is 9.98. The van der Waals surface area contributed by atoms with Crippen LogP contribution in [0.15, 0.2) is 12.4 Å². The van der Waals surface area contributed by atoms with E-state index >= 15 is 0 Å². The van der Waals surface area contributed by atoms with E-state index in [2.05, 4.69) is 34.5 Å². The minimum atomic E-state index is 0.342. The number of imidazole rings is 1. The molecule has 0 aromatic carbocycles. The van der Waals surface area contributed by atoms with Crippen LogP contribution in [0.3, 0.4) is 0 Å². The average molecular weight is 237 g/mol. The van der Waals surface area contributed by atoms with Crippen LogP contribution >= 0.6 is 0 Å². The third-order valence-corrected chi connectivity index (χ3v) is 3.64. The second kappa shape index (κ2) is 5.65. The molecule has 1 saturated heterocycles. The Kier molecular flexibility index (Phi) is 4.18. The van der Waals surface area contributed by atoms with Gasteiger partial charge >= 0.3 is 0 Å². The maximum Gasteiger partial charge on any atom is 0.123 e. The van der Waals surface area contributed by atoms with Gasteiger partial charge in [0.15, 0.2) is 0 Å². The van der Waals surface area contributed by atoms with E-state index in [0.717, 1.165) is 38.3 Å². The lowest BCUT2D eigenvalue weighted by Crippen LogP contribution is -2.35. The topological polar surface area (TPSA) is 41.3 Å². The standard InChI is InChI=1S/C13H23N3O/c1-11(2)16-8-5-14-13(16)9-15-6-3-12(10-17)4-7-15/h5,8,11-12,17H,3-4,6-7,9-10H2,1-2H3. The van der Waals surface area contributed by atoms with Gasteiger partial charge in [0, 0.05) is 25.0 Å². The van der Waals surface area contributed by atoms with Crippen molar-refractivity contribution in [1.29, 1.82) is 0 Å². The van der Waals surface area contributed by atoms with Crippen LogP contribution in [0.5, 0.6) is 0 Å². The van der Waals surface area contributed by atoms with Crippen molar-refractivity contribution < 1.29 is 5.11 Å². The Morgan fingerprint density at radius 1 is 1.41 bits per heavy atom. The third-order valence-electron chi connectivity index (χ3n) is 3.64. The van der Waals surface area contributed by atoms with Crippen LogP contribution in [0.4, 0.5) is 0 Å². The molecule has 1 aliphatic rings. The Morgan fingerprint density at radius 3 is 2.71 bits per heavy atom. The highest BCUT2D eigenvalue weighted by Crippen LogP contribution is 2.18. The summed E-state index contributed by atoms with van der Waals surface area (Å²) in [6, 6.07) is 0.475. The molecule has 0 amide bonds. The van der Waals surface area contributed by atoms with Gasteiger partial charge in [-0.2, -0.15) is 0 Å². The van der Waals surface area contributed by atoms with Crippen molar-refractivity contribution in [3.63, 3.8) is 0 Å². The van der Waals surface area contributed by atoms with E-state index in [0.29, 0.717) is 18.6 Å². The van der Waals surface area contributed by atoms with E-state index in [1.165, 1.54) is 0 Å². The Morgan fingerprint density at radius 2 is 2.12 bits per heavy atom. The van der Waals surface area contributed by atoms with Crippen LogP contribution in [-0.2, 0) is 6.54 Å². The van der Waals surface area contributed by atoms with Crippen molar-refractivity contribution in [3.8, 4) is 0 Å². The Hall–Kier alpha value is -0.870. The van der Waals surface area contributed by atoms with Crippen molar-refractivity contribution in [2.45, 2.75) is 39.3 Å². The fraction of sp³-hybridized carbons (Fsp3) is 0.769. The smallest absolute Gasteiger partial charge is 0.123 e. The monoisotopic (exact) mass is 237 g/mol. The number of piperidine rings is 1. The molecule has 0 unspecified atom stereocenters. The van der Waals surface area contributed by atoms with Gasteiger partial charge in [-0.05, 0) is 45.7 Å². The molecule has 96 valence electrons. The first-order valence-electron chi connectivity index (χ1n) is 6.55. The summed E-state index contributed by atoms with van der Waals surface area (Å²) in [5, 5.41) is 9.12. The zero-order chi connectivity index (χ0) is 12.3. The van der Waals surface area contributed by atoms with E-state index in [1.807, 2.05) is 6.20 Å². The molecule has 1 aliphatic heterocycles. The maximum atomic E-state index is 9.12. The number of rotatable bonds is 4. The molecule has 0 atom stereocenters. The van der Waals surface area contributed by atoms with Gasteiger partial charge in [-0.25, -0.2) is 4.98 Å². The van der Waals surface area contributed by atoms with Gasteiger partial charge in [0.25, 0.3) is 0 Å². The van der Waals surface area contributed by atoms with Crippen molar-refractivity contribution in [2.75, 3.05) is 19.7 Å². The van der Waals surface area contributed by atoms with Crippen molar-refractivity contribution in [2.24, 2.45) is 5.92 Å². The van der Waals surface area contributed by atoms with Crippen molar-refractivity contribution in [1.82, 2.24) is 14.5 Å². The zero-order valence-electron chi connectivity index (χ0n) is 10.8. The molecule has 0 spiro atoms. The largest absolute Gasteiger partial charge is 0.396 e. The van der Waals surface area contributed by atoms with E-state index < -0.39 is 0 Å². The minimum absolute atomic E-state index is 0.342. The third kappa shape index (κ3) is 3.07. The number of hydrogen-bond acceptors (Lipinski definition) is 3. The van der Waals surface area contributed by atoms with Gasteiger partial charge in [0.05, 0.1) is 6.54 Å². The predicted octanol–water partition coefficient (Wildman–Crippen LogP) is 1.67. The summed E-state index contributed by atoms with van der Waals surface area (Å²) in [5.41, 5.74) is 0. The molecule has 2 heterocycles. The molecule has 0 bridgehead atoms. The number of hydrogen-bond donors (Lipinski definition) is 1. The van der Waals surface area contributed by atoms with Gasteiger partial charge in [-0.15, -0.1) is 0 Å². The molecule has 1 aromatic rings. The zero-order valence-corrected chi connectivity index (χ0v) is 10.8. The summed E-state index contributed by atoms with van der Waals surface area (Å²) in [4.78, 5) is 6.88. The molecule has 2 rings (SSSR count). The lowest BCUT2D eigenvalue weighted by molar-refractivity contribution is 0.124. The van der Waals surface area contributed by atoms with Crippen molar-refractivity contribution >= 4 is 0 Å². The molecule has 0 radical (unpaired) electrons. The Balaban J connectivity index is 1.91. The molecule has 17 heavy (non-hydrogen) atoms. The highest BCUT2D eigenvalue weighted by molar-refractivity contribution is 4.94. The molecule has 1 fully saturated rings. The highest BCUT2D eigenvalue weighted by atomic mass is 16.3. The fourth-order valence-corrected chi connectivity index (χ4v) is 2.46. The molecular formula is C13H23N3O. The molecule has 4 nitrogen and oxygen atoms in total. The van der Waals surface area contributed by atoms with Crippen LogP contribution in [-0.4, -0.2) is 39.3 Å². The van der Waals surface area contributed by atoms with Crippen LogP contribution in [0.1, 0.15) is 38.6 Å². The molecule has 4 heteroatoms. The Labute approximate surface area is 103 Å². The molecule has 0 aliphatic carbocycles. The number of aliphatic hydroxyl groups is 1. The first-order chi connectivity index (χ1) is 8.20. The van der Waals surface area contributed by atoms with E-state index in [1.54, 1.807) is 0 Å². The number of aliphatic hydroxyl groups excluding tert-OH is 1. The minimum Gasteiger partial charge on any atom is -0.396 e. The SMILES string of the molecule is CC(C)n1ccnc1CN1CCC(CO)CC1. The predicted molar refractivity (Wildman–Crippen MR) is 67.7 cm³/mol. The van der Waals surface area contributed by atoms with Gasteiger partial charge in [0.1, 0.15) is 5.82 Å². The molecular weight excluding hydrogens is 214 g/mol. The van der Waals surface area contributed by atoms with E-state index in [9.17, 15) is 0 Å². The van der Waals surface area contributed by atoms with Crippen LogP contribution in [0.25, 0.3) is 0 Å². The summed E-state index contributed by atoms with van der Waals surface area (Å²) in [7, 11) is 0. The van der Waals surface area contributed by atoms with Gasteiger partial charge in [-0.3, -0.25) is 4.90 Å². The molecule has 1 N–H and O–H groups in total. The normalized spacial score (nSPS) is 19.1. The first kappa shape index (κ1) is 12.6. The van der Waals surface area contributed by atoms with Crippen LogP contribution in [0.2, 0.25) is 0 Å². The summed E-state index contributed by atoms with van der Waals surface area (Å²) in [6.07, 6.45) is 6.16. The summed E-state index contributed by atoms with van der Waals surface area (Å²) >= 11 is 0. The average Bonchev–Trinajstić information content (AvgIpc) is 2.78. The summed E-state index contributed by atoms with van der Waals surface area (Å²) in [5.74, 6) is 1.67. The second-order valence-corrected chi connectivity index (χ2v) is 5.25. The molecule has 0 saturated carbocycles. The molecule has 1 aromatic heterocycles. The van der Waals surface area contributed by atoms with E-state index in [-0.39, 0.29) is 0 Å². The first-order valence-corrected chi connectivity index (χ1v) is 6.55. The van der Waals surface area contributed by atoms with Crippen LogP contribution in [0, 0.1) is 5.92 Å². The second-order valence-electron chi connectivity index (χ2n) is 5.25. The van der Waals surface area contributed by atoms with Gasteiger partial charge < -0.3 is 9.67 Å². The van der Waals surface area contributed by atoms with Crippen molar-refractivity contribution in [3.05, 3.63) is 18.2 Å². The number of aromatic nitrogens is 2. The van der Waals surface area contributed by atoms with Gasteiger partial charge in [0.2, 0.25) is 0 Å². The lowest BCUT2D eigenvalue weighted by Gasteiger charge is -2.31. The number of likely N-dealkylation sites (tertiary alicyclic amines) is 1. The fourth-order valence-electron chi connectivity index (χ4n) is 2.46. The Bertz CT molecular complexity index is 340. The maximum absolute atomic E-state index is 9.12. The van der Waals surface area contributed by atoms with E-state index in [4.69, 9.17) is 5.11 Å². The quantitative estimate of drug-likeness (QED) is 0.866.